The molecule has 1 heterocycles. The molecule has 0 saturated carbocycles. The zero-order valence-corrected chi connectivity index (χ0v) is 12.5. The summed E-state index contributed by atoms with van der Waals surface area (Å²) in [6.45, 7) is 5.49. The third-order valence-electron chi connectivity index (χ3n) is 3.60. The number of nitrogens with two attached hydrogens (primary N) is 1. The molecule has 0 bridgehead atoms. The fraction of sp³-hybridized carbons (Fsp3) is 0.571. The minimum atomic E-state index is -0.589. The number of rotatable bonds is 3. The van der Waals surface area contributed by atoms with Crippen LogP contribution in [0.25, 0.3) is 0 Å². The molecule has 18 heavy (non-hydrogen) atoms. The van der Waals surface area contributed by atoms with Crippen LogP contribution in [0.5, 0.6) is 0 Å². The van der Waals surface area contributed by atoms with Gasteiger partial charge in [0, 0.05) is 23.6 Å². The van der Waals surface area contributed by atoms with E-state index in [0.717, 1.165) is 17.4 Å². The average molecular weight is 313 g/mol. The van der Waals surface area contributed by atoms with E-state index < -0.39 is 5.60 Å². The number of aliphatic hydroxyl groups is 1. The van der Waals surface area contributed by atoms with Crippen LogP contribution in [0.3, 0.4) is 0 Å². The summed E-state index contributed by atoms with van der Waals surface area (Å²) < 4.78 is 1.08. The van der Waals surface area contributed by atoms with Gasteiger partial charge in [-0.1, -0.05) is 34.1 Å². The Balaban J connectivity index is 2.28. The molecule has 3 N–H and O–H groups in total. The smallest absolute Gasteiger partial charge is 0.0758 e. The van der Waals surface area contributed by atoms with Gasteiger partial charge < -0.3 is 10.8 Å². The molecule has 0 aliphatic carbocycles. The third-order valence-corrected chi connectivity index (χ3v) is 4.32. The van der Waals surface area contributed by atoms with E-state index in [0.29, 0.717) is 6.54 Å². The van der Waals surface area contributed by atoms with Crippen molar-refractivity contribution in [2.45, 2.75) is 38.0 Å². The molecule has 1 aliphatic heterocycles. The standard InChI is InChI=1S/C14H21BrN2O/c1-10(16)13(11-5-3-4-6-12(11)15)17-8-7-14(2,18)9-17/h3-6,10,13,18H,7-9,16H2,1-2H3. The Morgan fingerprint density at radius 3 is 2.61 bits per heavy atom. The average Bonchev–Trinajstić information content (AvgIpc) is 2.61. The normalized spacial score (nSPS) is 28.3. The van der Waals surface area contributed by atoms with Crippen LogP contribution in [0.1, 0.15) is 31.9 Å². The van der Waals surface area contributed by atoms with Crippen molar-refractivity contribution in [1.82, 2.24) is 4.90 Å². The molecule has 1 fully saturated rings. The molecule has 0 spiro atoms. The molecule has 1 aromatic rings. The predicted molar refractivity (Wildman–Crippen MR) is 77.3 cm³/mol. The van der Waals surface area contributed by atoms with Gasteiger partial charge in [-0.25, -0.2) is 0 Å². The van der Waals surface area contributed by atoms with Crippen molar-refractivity contribution in [3.63, 3.8) is 0 Å². The lowest BCUT2D eigenvalue weighted by atomic mass is 9.99. The first-order chi connectivity index (χ1) is 8.41. The van der Waals surface area contributed by atoms with E-state index in [9.17, 15) is 5.11 Å². The summed E-state index contributed by atoms with van der Waals surface area (Å²) >= 11 is 3.60. The SMILES string of the molecule is CC(N)C(c1ccccc1Br)N1CCC(C)(O)C1. The zero-order chi connectivity index (χ0) is 13.3. The molecule has 4 heteroatoms. The quantitative estimate of drug-likeness (QED) is 0.900. The second-order valence-corrected chi connectivity index (χ2v) is 6.40. The lowest BCUT2D eigenvalue weighted by molar-refractivity contribution is 0.0600. The van der Waals surface area contributed by atoms with Crippen molar-refractivity contribution in [3.8, 4) is 0 Å². The fourth-order valence-corrected chi connectivity index (χ4v) is 3.26. The number of nitrogens with zero attached hydrogens (tertiary/aromatic N) is 1. The second-order valence-electron chi connectivity index (χ2n) is 5.54. The third kappa shape index (κ3) is 2.94. The molecule has 3 atom stereocenters. The highest BCUT2D eigenvalue weighted by molar-refractivity contribution is 9.10. The maximum Gasteiger partial charge on any atom is 0.0758 e. The molecule has 100 valence electrons. The summed E-state index contributed by atoms with van der Waals surface area (Å²) in [6, 6.07) is 8.35. The Kier molecular flexibility index (Phi) is 4.11. The van der Waals surface area contributed by atoms with Crippen LogP contribution in [0.2, 0.25) is 0 Å². The highest BCUT2D eigenvalue weighted by atomic mass is 79.9. The first-order valence-corrected chi connectivity index (χ1v) is 7.16. The Labute approximate surface area is 117 Å². The largest absolute Gasteiger partial charge is 0.389 e. The zero-order valence-electron chi connectivity index (χ0n) is 10.9. The Morgan fingerprint density at radius 1 is 1.44 bits per heavy atom. The molecule has 3 unspecified atom stereocenters. The summed E-state index contributed by atoms with van der Waals surface area (Å²) in [5.41, 5.74) is 6.77. The lowest BCUT2D eigenvalue weighted by Gasteiger charge is -2.32. The van der Waals surface area contributed by atoms with E-state index in [1.165, 1.54) is 5.56 Å². The van der Waals surface area contributed by atoms with Crippen molar-refractivity contribution in [2.75, 3.05) is 13.1 Å². The molecule has 0 aromatic heterocycles. The number of likely N-dealkylation sites (tertiary alicyclic amines) is 1. The van der Waals surface area contributed by atoms with E-state index >= 15 is 0 Å². The molecule has 1 aromatic carbocycles. The Bertz CT molecular complexity index is 420. The van der Waals surface area contributed by atoms with Gasteiger partial charge in [-0.15, -0.1) is 0 Å². The maximum absolute atomic E-state index is 10.1. The van der Waals surface area contributed by atoms with Crippen LogP contribution in [0.15, 0.2) is 28.7 Å². The van der Waals surface area contributed by atoms with Gasteiger partial charge in [0.2, 0.25) is 0 Å². The minimum absolute atomic E-state index is 0.0256. The highest BCUT2D eigenvalue weighted by Crippen LogP contribution is 2.34. The van der Waals surface area contributed by atoms with E-state index in [1.54, 1.807) is 0 Å². The summed E-state index contributed by atoms with van der Waals surface area (Å²) in [4.78, 5) is 2.28. The van der Waals surface area contributed by atoms with E-state index in [2.05, 4.69) is 26.9 Å². The van der Waals surface area contributed by atoms with Crippen LogP contribution in [-0.2, 0) is 0 Å². The number of hydrogen-bond acceptors (Lipinski definition) is 3. The van der Waals surface area contributed by atoms with E-state index in [-0.39, 0.29) is 12.1 Å². The van der Waals surface area contributed by atoms with E-state index in [4.69, 9.17) is 5.73 Å². The van der Waals surface area contributed by atoms with Gasteiger partial charge in [0.1, 0.15) is 0 Å². The van der Waals surface area contributed by atoms with Gasteiger partial charge in [0.25, 0.3) is 0 Å². The number of hydrogen-bond donors (Lipinski definition) is 2. The number of halogens is 1. The molecule has 0 radical (unpaired) electrons. The predicted octanol–water partition coefficient (Wildman–Crippen LogP) is 2.29. The summed E-state index contributed by atoms with van der Waals surface area (Å²) in [5.74, 6) is 0. The molecular formula is C14H21BrN2O. The first-order valence-electron chi connectivity index (χ1n) is 6.37. The monoisotopic (exact) mass is 312 g/mol. The van der Waals surface area contributed by atoms with Gasteiger partial charge in [0.15, 0.2) is 0 Å². The van der Waals surface area contributed by atoms with Crippen LogP contribution in [-0.4, -0.2) is 34.7 Å². The molecule has 2 rings (SSSR count). The van der Waals surface area contributed by atoms with Crippen molar-refractivity contribution in [3.05, 3.63) is 34.3 Å². The molecule has 1 aliphatic rings. The Hall–Kier alpha value is -0.420. The van der Waals surface area contributed by atoms with Gasteiger partial charge >= 0.3 is 0 Å². The maximum atomic E-state index is 10.1. The number of β-amino-alcohol motifs (C(OH)–C–C–N with tert-alkyl or cyclic N) is 1. The topological polar surface area (TPSA) is 49.5 Å². The second kappa shape index (κ2) is 5.29. The van der Waals surface area contributed by atoms with Crippen molar-refractivity contribution in [1.29, 1.82) is 0 Å². The fourth-order valence-electron chi connectivity index (χ4n) is 2.74. The van der Waals surface area contributed by atoms with Crippen molar-refractivity contribution in [2.24, 2.45) is 5.73 Å². The van der Waals surface area contributed by atoms with E-state index in [1.807, 2.05) is 32.0 Å². The Morgan fingerprint density at radius 2 is 2.11 bits per heavy atom. The van der Waals surface area contributed by atoms with Crippen LogP contribution in [0.4, 0.5) is 0 Å². The van der Waals surface area contributed by atoms with Gasteiger partial charge in [-0.05, 0) is 31.9 Å². The van der Waals surface area contributed by atoms with Gasteiger partial charge in [-0.2, -0.15) is 0 Å². The summed E-state index contributed by atoms with van der Waals surface area (Å²) in [7, 11) is 0. The van der Waals surface area contributed by atoms with Crippen molar-refractivity contribution < 1.29 is 5.11 Å². The van der Waals surface area contributed by atoms with Crippen LogP contribution < -0.4 is 5.73 Å². The molecule has 0 amide bonds. The highest BCUT2D eigenvalue weighted by Gasteiger charge is 2.37. The molecule has 3 nitrogen and oxygen atoms in total. The van der Waals surface area contributed by atoms with Gasteiger partial charge in [-0.3, -0.25) is 4.90 Å². The van der Waals surface area contributed by atoms with Crippen LogP contribution in [0, 0.1) is 0 Å². The molecular weight excluding hydrogens is 292 g/mol. The lowest BCUT2D eigenvalue weighted by Crippen LogP contribution is -2.40. The summed E-state index contributed by atoms with van der Waals surface area (Å²) in [6.07, 6.45) is 0.806. The first kappa shape index (κ1) is 14.0. The van der Waals surface area contributed by atoms with Crippen LogP contribution >= 0.6 is 15.9 Å². The molecule has 1 saturated heterocycles. The summed E-state index contributed by atoms with van der Waals surface area (Å²) in [5, 5.41) is 10.1. The number of benzene rings is 1. The van der Waals surface area contributed by atoms with Gasteiger partial charge in [0.05, 0.1) is 11.6 Å². The van der Waals surface area contributed by atoms with Crippen molar-refractivity contribution >= 4 is 15.9 Å². The minimum Gasteiger partial charge on any atom is -0.389 e.